The van der Waals surface area contributed by atoms with Gasteiger partial charge in [0.05, 0.1) is 12.9 Å². The molecule has 0 bridgehead atoms. The van der Waals surface area contributed by atoms with E-state index in [-0.39, 0.29) is 10.8 Å². The minimum absolute atomic E-state index is 0.220. The van der Waals surface area contributed by atoms with Crippen molar-refractivity contribution in [1.29, 1.82) is 0 Å². The second kappa shape index (κ2) is 5.27. The van der Waals surface area contributed by atoms with Crippen LogP contribution in [0.2, 0.25) is 0 Å². The molecule has 0 spiro atoms. The molecule has 4 aliphatic carbocycles. The molecule has 2 heteroatoms. The molecule has 134 valence electrons. The van der Waals surface area contributed by atoms with E-state index in [1.165, 1.54) is 11.1 Å². The monoisotopic (exact) mass is 338 g/mol. The molecule has 0 aliphatic heterocycles. The van der Waals surface area contributed by atoms with Crippen LogP contribution in [-0.4, -0.2) is 17.8 Å². The maximum absolute atomic E-state index is 11.0. The van der Waals surface area contributed by atoms with Gasteiger partial charge in [-0.05, 0) is 73.0 Å². The minimum atomic E-state index is -1.08. The van der Waals surface area contributed by atoms with Crippen LogP contribution >= 0.6 is 0 Å². The normalized spacial score (nSPS) is 48.2. The van der Waals surface area contributed by atoms with Crippen LogP contribution in [0.25, 0.3) is 0 Å². The van der Waals surface area contributed by atoms with Crippen LogP contribution in [0.1, 0.15) is 52.9 Å². The summed E-state index contributed by atoms with van der Waals surface area (Å²) in [4.78, 5) is 0. The van der Waals surface area contributed by atoms with E-state index in [9.17, 15) is 5.11 Å². The van der Waals surface area contributed by atoms with Crippen LogP contribution < -0.4 is 0 Å². The maximum atomic E-state index is 11.0. The van der Waals surface area contributed by atoms with Crippen molar-refractivity contribution >= 4 is 0 Å². The lowest BCUT2D eigenvalue weighted by Crippen LogP contribution is -2.54. The standard InChI is InChI=1S/C23H30O2/c1-6-23(24)14-10-19-16-7-8-17-15(2)20(25-5)11-12-21(17,3)18(16)9-13-22(19,23)4/h1,8,10,14,16,18-19,24H,7,9,11-13H2,2-5H3/t16-,18+,19+,21+,22+,23+/m1/s1. The minimum Gasteiger partial charge on any atom is -0.501 e. The Morgan fingerprint density at radius 3 is 2.76 bits per heavy atom. The number of aliphatic hydroxyl groups is 1. The van der Waals surface area contributed by atoms with Crippen molar-refractivity contribution in [2.45, 2.75) is 58.5 Å². The summed E-state index contributed by atoms with van der Waals surface area (Å²) in [5.41, 5.74) is 1.78. The first-order valence-corrected chi connectivity index (χ1v) is 9.65. The molecule has 0 amide bonds. The molecule has 0 unspecified atom stereocenters. The van der Waals surface area contributed by atoms with Gasteiger partial charge in [-0.3, -0.25) is 0 Å². The van der Waals surface area contributed by atoms with Crippen molar-refractivity contribution in [3.8, 4) is 12.3 Å². The topological polar surface area (TPSA) is 29.5 Å². The molecular formula is C23H30O2. The Balaban J connectivity index is 1.75. The molecule has 4 rings (SSSR count). The van der Waals surface area contributed by atoms with Crippen LogP contribution in [0, 0.1) is 40.9 Å². The highest BCUT2D eigenvalue weighted by molar-refractivity contribution is 5.44. The van der Waals surface area contributed by atoms with Crippen molar-refractivity contribution in [2.75, 3.05) is 7.11 Å². The summed E-state index contributed by atoms with van der Waals surface area (Å²) in [6.07, 6.45) is 17.7. The van der Waals surface area contributed by atoms with Crippen molar-refractivity contribution < 1.29 is 9.84 Å². The van der Waals surface area contributed by atoms with Gasteiger partial charge in [0.2, 0.25) is 0 Å². The molecule has 0 aromatic rings. The predicted octanol–water partition coefficient (Wildman–Crippen LogP) is 4.62. The van der Waals surface area contributed by atoms with Gasteiger partial charge in [0.15, 0.2) is 0 Å². The molecule has 0 heterocycles. The van der Waals surface area contributed by atoms with Crippen LogP contribution in [-0.2, 0) is 4.74 Å². The van der Waals surface area contributed by atoms with E-state index in [1.807, 2.05) is 6.08 Å². The Bertz CT molecular complexity index is 736. The summed E-state index contributed by atoms with van der Waals surface area (Å²) in [5.74, 6) is 5.45. The summed E-state index contributed by atoms with van der Waals surface area (Å²) in [5, 5.41) is 11.0. The second-order valence-electron chi connectivity index (χ2n) is 9.05. The van der Waals surface area contributed by atoms with E-state index in [0.717, 1.165) is 37.9 Å². The zero-order valence-electron chi connectivity index (χ0n) is 15.9. The third-order valence-corrected chi connectivity index (χ3v) is 8.29. The SMILES string of the molecule is C#C[C@]1(O)C=C[C@H]2[C@@H]3CC=C4C(C)=C(OC)CC[C@]4(C)[C@H]3CC[C@@]21C. The second-order valence-corrected chi connectivity index (χ2v) is 9.05. The first kappa shape index (κ1) is 17.0. The Labute approximate surface area is 152 Å². The van der Waals surface area contributed by atoms with Crippen molar-refractivity contribution in [2.24, 2.45) is 28.6 Å². The number of rotatable bonds is 1. The van der Waals surface area contributed by atoms with Crippen LogP contribution in [0.15, 0.2) is 35.1 Å². The number of terminal acetylenes is 1. The third kappa shape index (κ3) is 1.97. The average Bonchev–Trinajstić information content (AvgIpc) is 2.87. The molecule has 1 N–H and O–H groups in total. The molecule has 0 saturated heterocycles. The van der Waals surface area contributed by atoms with E-state index < -0.39 is 5.60 Å². The van der Waals surface area contributed by atoms with Crippen molar-refractivity contribution in [3.63, 3.8) is 0 Å². The molecule has 0 aromatic heterocycles. The first-order chi connectivity index (χ1) is 11.8. The molecule has 2 nitrogen and oxygen atoms in total. The largest absolute Gasteiger partial charge is 0.501 e. The molecular weight excluding hydrogens is 308 g/mol. The van der Waals surface area contributed by atoms with Crippen LogP contribution in [0.3, 0.4) is 0 Å². The molecule has 0 aromatic carbocycles. The van der Waals surface area contributed by atoms with Gasteiger partial charge < -0.3 is 9.84 Å². The average molecular weight is 338 g/mol. The van der Waals surface area contributed by atoms with E-state index >= 15 is 0 Å². The highest BCUT2D eigenvalue weighted by Gasteiger charge is 2.61. The predicted molar refractivity (Wildman–Crippen MR) is 100 cm³/mol. The summed E-state index contributed by atoms with van der Waals surface area (Å²) < 4.78 is 5.63. The Morgan fingerprint density at radius 2 is 2.08 bits per heavy atom. The lowest BCUT2D eigenvalue weighted by Gasteiger charge is -2.58. The molecule has 1 fully saturated rings. The van der Waals surface area contributed by atoms with E-state index in [0.29, 0.717) is 17.8 Å². The van der Waals surface area contributed by atoms with Crippen LogP contribution in [0.5, 0.6) is 0 Å². The fraction of sp³-hybridized carbons (Fsp3) is 0.652. The quantitative estimate of drug-likeness (QED) is 0.558. The fourth-order valence-corrected chi connectivity index (χ4v) is 6.66. The van der Waals surface area contributed by atoms with E-state index in [4.69, 9.17) is 11.2 Å². The number of methoxy groups -OCH3 is 1. The van der Waals surface area contributed by atoms with Gasteiger partial charge in [-0.2, -0.15) is 0 Å². The molecule has 1 saturated carbocycles. The summed E-state index contributed by atoms with van der Waals surface area (Å²) in [7, 11) is 1.80. The van der Waals surface area contributed by atoms with Crippen LogP contribution in [0.4, 0.5) is 0 Å². The highest BCUT2D eigenvalue weighted by Crippen LogP contribution is 2.65. The van der Waals surface area contributed by atoms with Crippen molar-refractivity contribution in [1.82, 2.24) is 0 Å². The molecule has 25 heavy (non-hydrogen) atoms. The highest BCUT2D eigenvalue weighted by atomic mass is 16.5. The van der Waals surface area contributed by atoms with Gasteiger partial charge in [0.1, 0.15) is 5.60 Å². The fourth-order valence-electron chi connectivity index (χ4n) is 6.66. The lowest BCUT2D eigenvalue weighted by atomic mass is 9.47. The molecule has 4 aliphatic rings. The smallest absolute Gasteiger partial charge is 0.149 e. The summed E-state index contributed by atoms with van der Waals surface area (Å²) >= 11 is 0. The molecule has 6 atom stereocenters. The Hall–Kier alpha value is -1.46. The van der Waals surface area contributed by atoms with Gasteiger partial charge >= 0.3 is 0 Å². The van der Waals surface area contributed by atoms with Gasteiger partial charge in [0.25, 0.3) is 0 Å². The van der Waals surface area contributed by atoms with Gasteiger partial charge in [-0.1, -0.05) is 31.9 Å². The zero-order valence-corrected chi connectivity index (χ0v) is 15.9. The number of hydrogen-bond acceptors (Lipinski definition) is 2. The van der Waals surface area contributed by atoms with Gasteiger partial charge in [0, 0.05) is 11.8 Å². The number of ether oxygens (including phenoxy) is 1. The first-order valence-electron chi connectivity index (χ1n) is 9.65. The number of hydrogen-bond donors (Lipinski definition) is 1. The Kier molecular flexibility index (Phi) is 3.58. The van der Waals surface area contributed by atoms with Gasteiger partial charge in [-0.15, -0.1) is 6.42 Å². The van der Waals surface area contributed by atoms with E-state index in [2.05, 4.69) is 38.8 Å². The number of allylic oxidation sites excluding steroid dienone is 5. The maximum Gasteiger partial charge on any atom is 0.149 e. The van der Waals surface area contributed by atoms with Gasteiger partial charge in [-0.25, -0.2) is 0 Å². The lowest BCUT2D eigenvalue weighted by molar-refractivity contribution is -0.0816. The Morgan fingerprint density at radius 1 is 1.32 bits per heavy atom. The molecule has 0 radical (unpaired) electrons. The zero-order chi connectivity index (χ0) is 18.0. The summed E-state index contributed by atoms with van der Waals surface area (Å²) in [6.45, 7) is 6.88. The number of fused-ring (bicyclic) bond motifs is 5. The van der Waals surface area contributed by atoms with Crippen molar-refractivity contribution in [3.05, 3.63) is 35.1 Å². The van der Waals surface area contributed by atoms with E-state index in [1.54, 1.807) is 7.11 Å². The third-order valence-electron chi connectivity index (χ3n) is 8.29. The summed E-state index contributed by atoms with van der Waals surface area (Å²) in [6, 6.07) is 0.